The number of nitrogens with zero attached hydrogens (tertiary/aromatic N) is 3. The second kappa shape index (κ2) is 6.62. The molecular formula is C15H18ClN3O3. The monoisotopic (exact) mass is 323 g/mol. The van der Waals surface area contributed by atoms with E-state index < -0.39 is 0 Å². The van der Waals surface area contributed by atoms with Gasteiger partial charge < -0.3 is 14.5 Å². The van der Waals surface area contributed by atoms with Crippen LogP contribution in [0.1, 0.15) is 23.2 Å². The van der Waals surface area contributed by atoms with E-state index in [0.29, 0.717) is 43.5 Å². The molecule has 2 aliphatic rings. The van der Waals surface area contributed by atoms with Gasteiger partial charge in [0.2, 0.25) is 0 Å². The van der Waals surface area contributed by atoms with Gasteiger partial charge in [0.05, 0.1) is 0 Å². The van der Waals surface area contributed by atoms with E-state index >= 15 is 0 Å². The number of carbonyl (C=O) groups excluding carboxylic acids is 2. The Morgan fingerprint density at radius 3 is 2.59 bits per heavy atom. The molecule has 0 spiro atoms. The zero-order valence-corrected chi connectivity index (χ0v) is 13.0. The van der Waals surface area contributed by atoms with Crippen LogP contribution >= 0.6 is 11.6 Å². The van der Waals surface area contributed by atoms with Crippen LogP contribution in [0.5, 0.6) is 0 Å². The van der Waals surface area contributed by atoms with Crippen LogP contribution in [0.2, 0.25) is 5.15 Å². The molecule has 0 aliphatic carbocycles. The molecule has 118 valence electrons. The highest BCUT2D eigenvalue weighted by molar-refractivity contribution is 6.29. The number of hydrogen-bond donors (Lipinski definition) is 0. The maximum absolute atomic E-state index is 12.4. The standard InChI is InChI=1S/C15H18ClN3O3/c16-13-10-11(3-4-17-13)14(20)18-5-7-19(8-6-18)15(21)12-2-1-9-22-12/h3-4,10,12H,1-2,5-9H2. The first-order valence-electron chi connectivity index (χ1n) is 7.46. The Labute approximate surface area is 134 Å². The summed E-state index contributed by atoms with van der Waals surface area (Å²) >= 11 is 5.82. The molecule has 3 rings (SSSR count). The van der Waals surface area contributed by atoms with Crippen molar-refractivity contribution >= 4 is 23.4 Å². The van der Waals surface area contributed by atoms with E-state index in [9.17, 15) is 9.59 Å². The van der Waals surface area contributed by atoms with Crippen LogP contribution in [-0.2, 0) is 9.53 Å². The van der Waals surface area contributed by atoms with Gasteiger partial charge in [-0.3, -0.25) is 9.59 Å². The maximum Gasteiger partial charge on any atom is 0.254 e. The molecule has 6 nitrogen and oxygen atoms in total. The van der Waals surface area contributed by atoms with E-state index in [-0.39, 0.29) is 17.9 Å². The normalized spacial score (nSPS) is 22.0. The Balaban J connectivity index is 1.57. The molecule has 3 heterocycles. The average molecular weight is 324 g/mol. The second-order valence-corrected chi connectivity index (χ2v) is 5.87. The topological polar surface area (TPSA) is 62.7 Å². The zero-order chi connectivity index (χ0) is 15.5. The molecular weight excluding hydrogens is 306 g/mol. The van der Waals surface area contributed by atoms with Crippen molar-refractivity contribution in [3.05, 3.63) is 29.0 Å². The van der Waals surface area contributed by atoms with E-state index in [0.717, 1.165) is 12.8 Å². The van der Waals surface area contributed by atoms with Gasteiger partial charge in [-0.05, 0) is 25.0 Å². The molecule has 1 atom stereocenters. The molecule has 0 N–H and O–H groups in total. The Hall–Kier alpha value is -1.66. The number of halogens is 1. The lowest BCUT2D eigenvalue weighted by Gasteiger charge is -2.35. The number of amides is 2. The van der Waals surface area contributed by atoms with Crippen molar-refractivity contribution in [2.75, 3.05) is 32.8 Å². The summed E-state index contributed by atoms with van der Waals surface area (Å²) in [7, 11) is 0. The fraction of sp³-hybridized carbons (Fsp3) is 0.533. The van der Waals surface area contributed by atoms with Crippen LogP contribution in [-0.4, -0.2) is 65.5 Å². The molecule has 1 unspecified atom stereocenters. The summed E-state index contributed by atoms with van der Waals surface area (Å²) in [6.07, 6.45) is 2.97. The first kappa shape index (κ1) is 15.2. The molecule has 1 aromatic heterocycles. The molecule has 0 radical (unpaired) electrons. The van der Waals surface area contributed by atoms with Gasteiger partial charge in [0.25, 0.3) is 11.8 Å². The molecule has 2 aliphatic heterocycles. The quantitative estimate of drug-likeness (QED) is 0.767. The summed E-state index contributed by atoms with van der Waals surface area (Å²) in [5, 5.41) is 0.304. The third-order valence-electron chi connectivity index (χ3n) is 4.06. The average Bonchev–Trinajstić information content (AvgIpc) is 3.08. The third kappa shape index (κ3) is 3.23. The fourth-order valence-electron chi connectivity index (χ4n) is 2.82. The van der Waals surface area contributed by atoms with Crippen LogP contribution in [0.15, 0.2) is 18.3 Å². The van der Waals surface area contributed by atoms with Gasteiger partial charge in [0.1, 0.15) is 11.3 Å². The molecule has 2 amide bonds. The van der Waals surface area contributed by atoms with Crippen molar-refractivity contribution in [2.24, 2.45) is 0 Å². The molecule has 7 heteroatoms. The van der Waals surface area contributed by atoms with Gasteiger partial charge in [-0.2, -0.15) is 0 Å². The zero-order valence-electron chi connectivity index (χ0n) is 12.2. The van der Waals surface area contributed by atoms with Crippen molar-refractivity contribution in [3.63, 3.8) is 0 Å². The van der Waals surface area contributed by atoms with E-state index in [1.54, 1.807) is 21.9 Å². The van der Waals surface area contributed by atoms with Crippen molar-refractivity contribution in [3.8, 4) is 0 Å². The smallest absolute Gasteiger partial charge is 0.254 e. The first-order valence-corrected chi connectivity index (χ1v) is 7.84. The highest BCUT2D eigenvalue weighted by Gasteiger charge is 2.31. The Bertz CT molecular complexity index is 567. The number of carbonyl (C=O) groups is 2. The predicted molar refractivity (Wildman–Crippen MR) is 80.7 cm³/mol. The highest BCUT2D eigenvalue weighted by atomic mass is 35.5. The second-order valence-electron chi connectivity index (χ2n) is 5.49. The molecule has 2 saturated heterocycles. The number of piperazine rings is 1. The molecule has 2 fully saturated rings. The summed E-state index contributed by atoms with van der Waals surface area (Å²) in [6.45, 7) is 2.80. The van der Waals surface area contributed by atoms with Crippen LogP contribution in [0.4, 0.5) is 0 Å². The minimum absolute atomic E-state index is 0.0524. The Kier molecular flexibility index (Phi) is 4.59. The van der Waals surface area contributed by atoms with Crippen molar-refractivity contribution in [1.82, 2.24) is 14.8 Å². The van der Waals surface area contributed by atoms with Gasteiger partial charge in [-0.25, -0.2) is 4.98 Å². The number of pyridine rings is 1. The van der Waals surface area contributed by atoms with Gasteiger partial charge in [-0.15, -0.1) is 0 Å². The minimum Gasteiger partial charge on any atom is -0.368 e. The molecule has 0 saturated carbocycles. The van der Waals surface area contributed by atoms with Crippen molar-refractivity contribution in [2.45, 2.75) is 18.9 Å². The summed E-state index contributed by atoms with van der Waals surface area (Å²) in [5.74, 6) is -0.0231. The van der Waals surface area contributed by atoms with E-state index in [1.807, 2.05) is 0 Å². The van der Waals surface area contributed by atoms with Crippen LogP contribution in [0.3, 0.4) is 0 Å². The fourth-order valence-corrected chi connectivity index (χ4v) is 3.00. The number of hydrogen-bond acceptors (Lipinski definition) is 4. The van der Waals surface area contributed by atoms with Crippen LogP contribution < -0.4 is 0 Å². The van der Waals surface area contributed by atoms with Gasteiger partial charge >= 0.3 is 0 Å². The maximum atomic E-state index is 12.4. The van der Waals surface area contributed by atoms with E-state index in [4.69, 9.17) is 16.3 Å². The van der Waals surface area contributed by atoms with Gasteiger partial charge in [0.15, 0.2) is 0 Å². The van der Waals surface area contributed by atoms with E-state index in [2.05, 4.69) is 4.98 Å². The number of aromatic nitrogens is 1. The number of ether oxygens (including phenoxy) is 1. The Morgan fingerprint density at radius 1 is 1.23 bits per heavy atom. The molecule has 0 aromatic carbocycles. The van der Waals surface area contributed by atoms with Gasteiger partial charge in [-0.1, -0.05) is 11.6 Å². The summed E-state index contributed by atoms with van der Waals surface area (Å²) in [4.78, 5) is 32.1. The predicted octanol–water partition coefficient (Wildman–Crippen LogP) is 1.20. The third-order valence-corrected chi connectivity index (χ3v) is 4.26. The summed E-state index contributed by atoms with van der Waals surface area (Å²) in [5.41, 5.74) is 0.527. The van der Waals surface area contributed by atoms with Crippen LogP contribution in [0.25, 0.3) is 0 Å². The summed E-state index contributed by atoms with van der Waals surface area (Å²) < 4.78 is 5.43. The SMILES string of the molecule is O=C(c1ccnc(Cl)c1)N1CCN(C(=O)C2CCCO2)CC1. The highest BCUT2D eigenvalue weighted by Crippen LogP contribution is 2.17. The lowest BCUT2D eigenvalue weighted by molar-refractivity contribution is -0.142. The minimum atomic E-state index is -0.291. The lowest BCUT2D eigenvalue weighted by atomic mass is 10.2. The molecule has 0 bridgehead atoms. The Morgan fingerprint density at radius 2 is 1.95 bits per heavy atom. The summed E-state index contributed by atoms with van der Waals surface area (Å²) in [6, 6.07) is 3.21. The van der Waals surface area contributed by atoms with Crippen molar-refractivity contribution < 1.29 is 14.3 Å². The first-order chi connectivity index (χ1) is 10.6. The van der Waals surface area contributed by atoms with Gasteiger partial charge in [0, 0.05) is 44.5 Å². The van der Waals surface area contributed by atoms with Crippen molar-refractivity contribution in [1.29, 1.82) is 0 Å². The van der Waals surface area contributed by atoms with Crippen LogP contribution in [0, 0.1) is 0 Å². The molecule has 22 heavy (non-hydrogen) atoms. The molecule has 1 aromatic rings. The number of rotatable bonds is 2. The largest absolute Gasteiger partial charge is 0.368 e. The lowest BCUT2D eigenvalue weighted by Crippen LogP contribution is -2.52. The van der Waals surface area contributed by atoms with E-state index in [1.165, 1.54) is 6.20 Å².